The highest BCUT2D eigenvalue weighted by atomic mass is 32.1. The number of hydrogen-bond acceptors (Lipinski definition) is 4. The summed E-state index contributed by atoms with van der Waals surface area (Å²) in [5.41, 5.74) is 1.42. The fourth-order valence-corrected chi connectivity index (χ4v) is 4.44. The Bertz CT molecular complexity index is 1040. The van der Waals surface area contributed by atoms with E-state index in [0.29, 0.717) is 5.92 Å². The molecule has 146 valence electrons. The zero-order valence-corrected chi connectivity index (χ0v) is 17.2. The van der Waals surface area contributed by atoms with E-state index in [0.717, 1.165) is 44.2 Å². The van der Waals surface area contributed by atoms with Crippen molar-refractivity contribution in [1.82, 2.24) is 24.1 Å². The number of rotatable bonds is 5. The SMILES string of the molecule is Cn1c(C2CC2)nn(CN2CCN(Cc3cccc4ccccc34)CC2)c1=S. The minimum atomic E-state index is 0.630. The van der Waals surface area contributed by atoms with Crippen LogP contribution in [-0.2, 0) is 20.3 Å². The summed E-state index contributed by atoms with van der Waals surface area (Å²) in [5, 5.41) is 7.51. The molecule has 5 rings (SSSR count). The third kappa shape index (κ3) is 3.52. The van der Waals surface area contributed by atoms with Crippen LogP contribution in [-0.4, -0.2) is 50.3 Å². The monoisotopic (exact) mass is 393 g/mol. The van der Waals surface area contributed by atoms with Crippen LogP contribution in [0.2, 0.25) is 0 Å². The van der Waals surface area contributed by atoms with Crippen LogP contribution in [0, 0.1) is 4.77 Å². The Hall–Kier alpha value is -2.02. The first-order valence-electron chi connectivity index (χ1n) is 10.2. The number of benzene rings is 2. The molecule has 1 saturated carbocycles. The van der Waals surface area contributed by atoms with Crippen LogP contribution in [0.5, 0.6) is 0 Å². The van der Waals surface area contributed by atoms with E-state index >= 15 is 0 Å². The summed E-state index contributed by atoms with van der Waals surface area (Å²) in [6.07, 6.45) is 2.51. The first-order chi connectivity index (χ1) is 13.7. The Kier molecular flexibility index (Phi) is 4.78. The molecule has 2 aliphatic rings. The quantitative estimate of drug-likeness (QED) is 0.618. The van der Waals surface area contributed by atoms with Gasteiger partial charge in [-0.05, 0) is 41.4 Å². The molecule has 2 aromatic carbocycles. The Labute approximate surface area is 171 Å². The minimum Gasteiger partial charge on any atom is -0.307 e. The van der Waals surface area contributed by atoms with Crippen LogP contribution in [0.1, 0.15) is 30.1 Å². The molecule has 6 heteroatoms. The smallest absolute Gasteiger partial charge is 0.198 e. The lowest BCUT2D eigenvalue weighted by Gasteiger charge is -2.34. The van der Waals surface area contributed by atoms with E-state index in [1.165, 1.54) is 35.0 Å². The molecule has 1 saturated heterocycles. The van der Waals surface area contributed by atoms with E-state index in [1.54, 1.807) is 0 Å². The number of aromatic nitrogens is 3. The maximum absolute atomic E-state index is 5.61. The molecule has 1 aliphatic carbocycles. The Morgan fingerprint density at radius 2 is 1.68 bits per heavy atom. The van der Waals surface area contributed by atoms with Gasteiger partial charge in [0.15, 0.2) is 4.77 Å². The number of nitrogens with zero attached hydrogens (tertiary/aromatic N) is 5. The molecule has 2 heterocycles. The molecule has 0 N–H and O–H groups in total. The van der Waals surface area contributed by atoms with Crippen molar-refractivity contribution in [2.24, 2.45) is 7.05 Å². The van der Waals surface area contributed by atoms with Gasteiger partial charge in [-0.25, -0.2) is 4.68 Å². The highest BCUT2D eigenvalue weighted by Gasteiger charge is 2.29. The molecule has 28 heavy (non-hydrogen) atoms. The number of piperazine rings is 1. The second-order valence-electron chi connectivity index (χ2n) is 8.15. The van der Waals surface area contributed by atoms with Crippen molar-refractivity contribution < 1.29 is 0 Å². The van der Waals surface area contributed by atoms with Gasteiger partial charge in [-0.2, -0.15) is 5.10 Å². The van der Waals surface area contributed by atoms with Gasteiger partial charge in [0.2, 0.25) is 0 Å². The van der Waals surface area contributed by atoms with Crippen LogP contribution >= 0.6 is 12.2 Å². The summed E-state index contributed by atoms with van der Waals surface area (Å²) in [7, 11) is 2.06. The largest absolute Gasteiger partial charge is 0.307 e. The third-order valence-corrected chi connectivity index (χ3v) is 6.57. The zero-order chi connectivity index (χ0) is 19.1. The van der Waals surface area contributed by atoms with E-state index in [1.807, 2.05) is 4.68 Å². The predicted molar refractivity (Wildman–Crippen MR) is 115 cm³/mol. The Balaban J connectivity index is 1.22. The Morgan fingerprint density at radius 1 is 0.964 bits per heavy atom. The van der Waals surface area contributed by atoms with Crippen molar-refractivity contribution in [1.29, 1.82) is 0 Å². The molecule has 1 aromatic heterocycles. The first kappa shape index (κ1) is 18.0. The van der Waals surface area contributed by atoms with Crippen molar-refractivity contribution in [2.45, 2.75) is 32.0 Å². The summed E-state index contributed by atoms with van der Waals surface area (Å²) in [6.45, 7) is 6.10. The summed E-state index contributed by atoms with van der Waals surface area (Å²) >= 11 is 5.61. The van der Waals surface area contributed by atoms with E-state index in [4.69, 9.17) is 17.3 Å². The normalized spacial score (nSPS) is 18.8. The molecule has 2 fully saturated rings. The maximum atomic E-state index is 5.61. The van der Waals surface area contributed by atoms with Crippen molar-refractivity contribution in [3.63, 3.8) is 0 Å². The van der Waals surface area contributed by atoms with E-state index in [9.17, 15) is 0 Å². The fraction of sp³-hybridized carbons (Fsp3) is 0.455. The molecule has 3 aromatic rings. The van der Waals surface area contributed by atoms with Crippen molar-refractivity contribution in [3.05, 3.63) is 58.6 Å². The van der Waals surface area contributed by atoms with Gasteiger partial charge >= 0.3 is 0 Å². The van der Waals surface area contributed by atoms with Crippen LogP contribution in [0.3, 0.4) is 0 Å². The molecule has 1 aliphatic heterocycles. The zero-order valence-electron chi connectivity index (χ0n) is 16.4. The van der Waals surface area contributed by atoms with Gasteiger partial charge in [-0.15, -0.1) is 0 Å². The lowest BCUT2D eigenvalue weighted by Crippen LogP contribution is -2.46. The van der Waals surface area contributed by atoms with Crippen LogP contribution < -0.4 is 0 Å². The summed E-state index contributed by atoms with van der Waals surface area (Å²) in [5.74, 6) is 1.80. The van der Waals surface area contributed by atoms with Gasteiger partial charge in [-0.3, -0.25) is 9.80 Å². The Morgan fingerprint density at radius 3 is 2.46 bits per heavy atom. The molecule has 0 spiro atoms. The van der Waals surface area contributed by atoms with Gasteiger partial charge in [0, 0.05) is 45.7 Å². The van der Waals surface area contributed by atoms with Gasteiger partial charge in [0.1, 0.15) is 5.82 Å². The molecular weight excluding hydrogens is 366 g/mol. The summed E-state index contributed by atoms with van der Waals surface area (Å²) in [4.78, 5) is 5.03. The van der Waals surface area contributed by atoms with Crippen molar-refractivity contribution >= 4 is 23.0 Å². The average molecular weight is 394 g/mol. The third-order valence-electron chi connectivity index (χ3n) is 6.09. The molecule has 0 radical (unpaired) electrons. The van der Waals surface area contributed by atoms with Crippen LogP contribution in [0.25, 0.3) is 10.8 Å². The van der Waals surface area contributed by atoms with Gasteiger partial charge < -0.3 is 4.57 Å². The number of hydrogen-bond donors (Lipinski definition) is 0. The predicted octanol–water partition coefficient (Wildman–Crippen LogP) is 3.76. The van der Waals surface area contributed by atoms with E-state index in [-0.39, 0.29) is 0 Å². The minimum absolute atomic E-state index is 0.630. The fourth-order valence-electron chi connectivity index (χ4n) is 4.24. The highest BCUT2D eigenvalue weighted by molar-refractivity contribution is 7.71. The molecule has 0 bridgehead atoms. The lowest BCUT2D eigenvalue weighted by atomic mass is 10.0. The molecular formula is C22H27N5S. The summed E-state index contributed by atoms with van der Waals surface area (Å²) in [6, 6.07) is 15.3. The van der Waals surface area contributed by atoms with Crippen molar-refractivity contribution in [2.75, 3.05) is 26.2 Å². The molecule has 0 unspecified atom stereocenters. The van der Waals surface area contributed by atoms with E-state index < -0.39 is 0 Å². The van der Waals surface area contributed by atoms with Gasteiger partial charge in [-0.1, -0.05) is 42.5 Å². The molecule has 0 atom stereocenters. The standard InChI is InChI=1S/C22H27N5S/c1-24-21(18-9-10-18)23-27(22(24)28)16-26-13-11-25(12-14-26)15-19-7-4-6-17-5-2-3-8-20(17)19/h2-8,18H,9-16H2,1H3. The second kappa shape index (κ2) is 7.43. The van der Waals surface area contributed by atoms with Crippen LogP contribution in [0.15, 0.2) is 42.5 Å². The molecule has 0 amide bonds. The summed E-state index contributed by atoms with van der Waals surface area (Å²) < 4.78 is 4.97. The maximum Gasteiger partial charge on any atom is 0.198 e. The number of fused-ring (bicyclic) bond motifs is 1. The van der Waals surface area contributed by atoms with Gasteiger partial charge in [0.05, 0.1) is 6.67 Å². The second-order valence-corrected chi connectivity index (χ2v) is 8.51. The highest BCUT2D eigenvalue weighted by Crippen LogP contribution is 2.38. The lowest BCUT2D eigenvalue weighted by molar-refractivity contribution is 0.0982. The first-order valence-corrected chi connectivity index (χ1v) is 10.6. The molecule has 5 nitrogen and oxygen atoms in total. The van der Waals surface area contributed by atoms with E-state index in [2.05, 4.69) is 63.9 Å². The average Bonchev–Trinajstić information content (AvgIpc) is 3.53. The van der Waals surface area contributed by atoms with Gasteiger partial charge in [0.25, 0.3) is 0 Å². The van der Waals surface area contributed by atoms with Crippen molar-refractivity contribution in [3.8, 4) is 0 Å². The topological polar surface area (TPSA) is 29.2 Å². The van der Waals surface area contributed by atoms with Crippen LogP contribution in [0.4, 0.5) is 0 Å².